The molecule has 3 aliphatic carbocycles. The molecule has 0 radical (unpaired) electrons. The van der Waals surface area contributed by atoms with Gasteiger partial charge in [-0.25, -0.2) is 4.79 Å². The Bertz CT molecular complexity index is 1290. The third-order valence-corrected chi connectivity index (χ3v) is 12.6. The van der Waals surface area contributed by atoms with E-state index in [4.69, 9.17) is 18.9 Å². The number of ether oxygens (including phenoxy) is 4. The van der Waals surface area contributed by atoms with Crippen LogP contribution in [0, 0.1) is 40.4 Å². The number of fused-ring (bicyclic) bond motifs is 9. The van der Waals surface area contributed by atoms with Crippen molar-refractivity contribution >= 4 is 23.5 Å². The third-order valence-electron chi connectivity index (χ3n) is 12.6. The van der Waals surface area contributed by atoms with Gasteiger partial charge in [-0.15, -0.1) is 0 Å². The summed E-state index contributed by atoms with van der Waals surface area (Å²) >= 11 is 0. The Kier molecular flexibility index (Phi) is 4.95. The number of esters is 2. The van der Waals surface area contributed by atoms with Crippen molar-refractivity contribution in [2.45, 2.75) is 94.3 Å². The zero-order valence-corrected chi connectivity index (χ0v) is 23.2. The van der Waals surface area contributed by atoms with Gasteiger partial charge < -0.3 is 34.3 Å². The summed E-state index contributed by atoms with van der Waals surface area (Å²) in [5.74, 6) is -9.87. The first kappa shape index (κ1) is 26.7. The van der Waals surface area contributed by atoms with Gasteiger partial charge >= 0.3 is 11.9 Å². The number of aliphatic hydroxyl groups is 3. The molecule has 7 rings (SSSR count). The molecule has 0 aromatic carbocycles. The van der Waals surface area contributed by atoms with Gasteiger partial charge in [-0.1, -0.05) is 26.8 Å². The molecule has 2 saturated carbocycles. The number of hydrogen-bond acceptors (Lipinski definition) is 11. The van der Waals surface area contributed by atoms with E-state index in [2.05, 4.69) is 0 Å². The standard InChI is InChI=1S/C29H36O11/c1-12-22(33)38-18-11-24(12,2)20-21(32)28(36)14-10-15(30)19-16(37-5)6-7-17(31)25(19,3)13(14)8-9-27(35)23(34)39-26(18,4)29(20,27)40-28/h6-7,12-16,18-20,30,35-36H,8-11H2,1-5H3/t12-,13?,14?,15?,16+,18+,19?,20?,24+,25-,26-,27+,28+,29-/m0/s1. The van der Waals surface area contributed by atoms with E-state index in [9.17, 15) is 34.5 Å². The van der Waals surface area contributed by atoms with Crippen molar-refractivity contribution in [2.24, 2.45) is 40.4 Å². The molecule has 4 heterocycles. The van der Waals surface area contributed by atoms with Gasteiger partial charge in [-0.05, 0) is 50.0 Å². The molecule has 7 aliphatic rings. The van der Waals surface area contributed by atoms with Gasteiger partial charge in [-0.2, -0.15) is 0 Å². The highest BCUT2D eigenvalue weighted by Gasteiger charge is 2.92. The molecule has 3 N–H and O–H groups in total. The topological polar surface area (TPSA) is 166 Å². The molecule has 14 atom stereocenters. The molecule has 4 saturated heterocycles. The Morgan fingerprint density at radius 2 is 1.77 bits per heavy atom. The Morgan fingerprint density at radius 3 is 2.45 bits per heavy atom. The summed E-state index contributed by atoms with van der Waals surface area (Å²) < 4.78 is 23.7. The van der Waals surface area contributed by atoms with Crippen molar-refractivity contribution in [3.8, 4) is 0 Å². The average molecular weight is 561 g/mol. The number of carbonyl (C=O) groups is 4. The number of carbonyl (C=O) groups excluding carboxylic acids is 4. The minimum absolute atomic E-state index is 0.0617. The molecule has 218 valence electrons. The van der Waals surface area contributed by atoms with Crippen molar-refractivity contribution in [3.63, 3.8) is 0 Å². The first-order valence-corrected chi connectivity index (χ1v) is 14.1. The first-order valence-electron chi connectivity index (χ1n) is 14.1. The maximum Gasteiger partial charge on any atom is 0.342 e. The zero-order chi connectivity index (χ0) is 29.0. The van der Waals surface area contributed by atoms with Crippen LogP contribution in [0.5, 0.6) is 0 Å². The van der Waals surface area contributed by atoms with Crippen LogP contribution in [0.15, 0.2) is 12.2 Å². The SMILES string of the molecule is CO[C@@H]1C=CC(=O)[C@]2(C)C3CC[C@@]4(O)C(=O)O[C@@]5(C)[C@H]6C[C@@](C)(C7C(=O)[C@](O)(O[C@]745)C3CC(O)C12)[C@@H](C)C(=O)O6. The van der Waals surface area contributed by atoms with Crippen LogP contribution in [0.3, 0.4) is 0 Å². The number of aliphatic hydroxyl groups excluding tert-OH is 1. The summed E-state index contributed by atoms with van der Waals surface area (Å²) in [5.41, 5.74) is -8.65. The lowest BCUT2D eigenvalue weighted by atomic mass is 9.46. The van der Waals surface area contributed by atoms with Crippen LogP contribution >= 0.6 is 0 Å². The first-order chi connectivity index (χ1) is 18.6. The summed E-state index contributed by atoms with van der Waals surface area (Å²) in [7, 11) is 1.48. The third kappa shape index (κ3) is 2.46. The molecule has 5 unspecified atom stereocenters. The summed E-state index contributed by atoms with van der Waals surface area (Å²) in [5, 5.41) is 36.3. The van der Waals surface area contributed by atoms with Gasteiger partial charge in [0.15, 0.2) is 28.4 Å². The summed E-state index contributed by atoms with van der Waals surface area (Å²) in [6.45, 7) is 6.54. The number of methoxy groups -OCH3 is 1. The van der Waals surface area contributed by atoms with E-state index in [1.165, 1.54) is 20.1 Å². The molecule has 11 heteroatoms. The second-order valence-electron chi connectivity index (χ2n) is 13.8. The minimum atomic E-state index is -2.58. The van der Waals surface area contributed by atoms with Gasteiger partial charge in [0.25, 0.3) is 0 Å². The van der Waals surface area contributed by atoms with Crippen LogP contribution in [0.25, 0.3) is 0 Å². The highest BCUT2D eigenvalue weighted by Crippen LogP contribution is 2.73. The average Bonchev–Trinajstić information content (AvgIpc) is 3.25. The van der Waals surface area contributed by atoms with E-state index < -0.39 is 99.0 Å². The predicted octanol–water partition coefficient (Wildman–Crippen LogP) is 0.215. The van der Waals surface area contributed by atoms with Crippen LogP contribution in [0.2, 0.25) is 0 Å². The Hall–Kier alpha value is -2.18. The molecule has 4 bridgehead atoms. The highest BCUT2D eigenvalue weighted by molar-refractivity contribution is 5.99. The van der Waals surface area contributed by atoms with Crippen LogP contribution in [-0.2, 0) is 38.1 Å². The van der Waals surface area contributed by atoms with Crippen molar-refractivity contribution in [2.75, 3.05) is 7.11 Å². The molecule has 0 aromatic rings. The van der Waals surface area contributed by atoms with E-state index >= 15 is 0 Å². The lowest BCUT2D eigenvalue weighted by Gasteiger charge is -2.62. The van der Waals surface area contributed by atoms with Gasteiger partial charge in [-0.3, -0.25) is 14.4 Å². The van der Waals surface area contributed by atoms with Crippen molar-refractivity contribution < 1.29 is 53.4 Å². The minimum Gasteiger partial charge on any atom is -0.458 e. The molecule has 4 aliphatic heterocycles. The normalized spacial score (nSPS) is 59.7. The lowest BCUT2D eigenvalue weighted by Crippen LogP contribution is -2.78. The smallest absolute Gasteiger partial charge is 0.342 e. The lowest BCUT2D eigenvalue weighted by molar-refractivity contribution is -0.352. The number of Topliss-reactive ketones (excluding diaryl/α,β-unsaturated/α-hetero) is 1. The number of hydrogen-bond donors (Lipinski definition) is 3. The Morgan fingerprint density at radius 1 is 1.07 bits per heavy atom. The van der Waals surface area contributed by atoms with Gasteiger partial charge in [0, 0.05) is 24.4 Å². The number of ketones is 2. The molecule has 11 nitrogen and oxygen atoms in total. The predicted molar refractivity (Wildman–Crippen MR) is 132 cm³/mol. The Balaban J connectivity index is 1.48. The zero-order valence-electron chi connectivity index (χ0n) is 23.2. The molecular weight excluding hydrogens is 524 g/mol. The van der Waals surface area contributed by atoms with Gasteiger partial charge in [0.05, 0.1) is 24.0 Å². The quantitative estimate of drug-likeness (QED) is 0.376. The molecule has 1 spiro atoms. The van der Waals surface area contributed by atoms with E-state index in [1.54, 1.807) is 26.8 Å². The van der Waals surface area contributed by atoms with E-state index in [1.807, 2.05) is 0 Å². The maximum atomic E-state index is 14.7. The number of allylic oxidation sites excluding steroid dienone is 1. The molecule has 0 amide bonds. The molecule has 0 aromatic heterocycles. The van der Waals surface area contributed by atoms with Crippen molar-refractivity contribution in [1.82, 2.24) is 0 Å². The molecule has 6 fully saturated rings. The summed E-state index contributed by atoms with van der Waals surface area (Å²) in [6, 6.07) is 0. The van der Waals surface area contributed by atoms with Gasteiger partial charge in [0.2, 0.25) is 5.79 Å². The van der Waals surface area contributed by atoms with Crippen molar-refractivity contribution in [1.29, 1.82) is 0 Å². The van der Waals surface area contributed by atoms with Crippen molar-refractivity contribution in [3.05, 3.63) is 12.2 Å². The van der Waals surface area contributed by atoms with E-state index in [-0.39, 0.29) is 31.5 Å². The van der Waals surface area contributed by atoms with Crippen LogP contribution in [-0.4, -0.2) is 86.8 Å². The Labute approximate surface area is 231 Å². The van der Waals surface area contributed by atoms with Crippen LogP contribution in [0.1, 0.15) is 53.4 Å². The van der Waals surface area contributed by atoms with E-state index in [0.717, 1.165) is 0 Å². The number of rotatable bonds is 1. The molecule has 40 heavy (non-hydrogen) atoms. The summed E-state index contributed by atoms with van der Waals surface area (Å²) in [4.78, 5) is 55.1. The monoisotopic (exact) mass is 560 g/mol. The van der Waals surface area contributed by atoms with Gasteiger partial charge in [0.1, 0.15) is 6.10 Å². The van der Waals surface area contributed by atoms with Crippen LogP contribution in [0.4, 0.5) is 0 Å². The largest absolute Gasteiger partial charge is 0.458 e. The fraction of sp³-hybridized carbons (Fsp3) is 0.793. The maximum absolute atomic E-state index is 14.7. The van der Waals surface area contributed by atoms with E-state index in [0.29, 0.717) is 0 Å². The molecular formula is C29H36O11. The second-order valence-corrected chi connectivity index (χ2v) is 13.8. The fourth-order valence-corrected chi connectivity index (χ4v) is 10.3. The highest BCUT2D eigenvalue weighted by atomic mass is 16.7. The fourth-order valence-electron chi connectivity index (χ4n) is 10.3. The van der Waals surface area contributed by atoms with Crippen LogP contribution < -0.4 is 0 Å². The summed E-state index contributed by atoms with van der Waals surface area (Å²) in [6.07, 6.45) is 0.168. The second kappa shape index (κ2) is 7.42.